The summed E-state index contributed by atoms with van der Waals surface area (Å²) in [6.45, 7) is 0. The van der Waals surface area contributed by atoms with Gasteiger partial charge >= 0.3 is 0 Å². The van der Waals surface area contributed by atoms with Crippen molar-refractivity contribution in [1.82, 2.24) is 4.31 Å². The lowest BCUT2D eigenvalue weighted by Crippen LogP contribution is -2.32. The van der Waals surface area contributed by atoms with Gasteiger partial charge in [0.1, 0.15) is 0 Å². The lowest BCUT2D eigenvalue weighted by atomic mass is 9.96. The van der Waals surface area contributed by atoms with Gasteiger partial charge in [-0.1, -0.05) is 55.7 Å². The van der Waals surface area contributed by atoms with Gasteiger partial charge in [-0.3, -0.25) is 0 Å². The molecule has 0 saturated heterocycles. The van der Waals surface area contributed by atoms with Crippen molar-refractivity contribution in [3.8, 4) is 0 Å². The Hall–Kier alpha value is -1.32. The Morgan fingerprint density at radius 2 is 1.57 bits per heavy atom. The van der Waals surface area contributed by atoms with Crippen LogP contribution in [0.15, 0.2) is 80.8 Å². The van der Waals surface area contributed by atoms with E-state index in [-0.39, 0.29) is 22.0 Å². The largest absolute Gasteiger partial charge is 0.322 e. The summed E-state index contributed by atoms with van der Waals surface area (Å²) in [5.41, 5.74) is 0. The van der Waals surface area contributed by atoms with Crippen molar-refractivity contribution in [2.75, 3.05) is 0 Å². The van der Waals surface area contributed by atoms with E-state index in [0.29, 0.717) is 0 Å². The molecule has 1 fully saturated rings. The zero-order valence-electron chi connectivity index (χ0n) is 13.4. The number of hydrogen-bond acceptors (Lipinski definition) is 1. The van der Waals surface area contributed by atoms with Crippen LogP contribution in [0.1, 0.15) is 32.1 Å². The van der Waals surface area contributed by atoms with E-state index >= 15 is 0 Å². The van der Waals surface area contributed by atoms with E-state index in [1.807, 2.05) is 0 Å². The van der Waals surface area contributed by atoms with Crippen LogP contribution in [0, 0.1) is 0 Å². The summed E-state index contributed by atoms with van der Waals surface area (Å²) in [5, 5.41) is 8.83. The van der Waals surface area contributed by atoms with Crippen LogP contribution < -0.4 is 0 Å². The third kappa shape index (κ3) is 3.17. The van der Waals surface area contributed by atoms with Gasteiger partial charge in [0.2, 0.25) is 0 Å². The van der Waals surface area contributed by atoms with Crippen molar-refractivity contribution < 1.29 is 0 Å². The Morgan fingerprint density at radius 3 is 2.30 bits per heavy atom. The molecule has 2 heterocycles. The van der Waals surface area contributed by atoms with Crippen LogP contribution in [-0.2, 0) is 0 Å². The van der Waals surface area contributed by atoms with Crippen molar-refractivity contribution >= 4 is 22.0 Å². The van der Waals surface area contributed by atoms with E-state index < -0.39 is 0 Å². The van der Waals surface area contributed by atoms with Crippen molar-refractivity contribution in [2.45, 2.75) is 43.0 Å². The van der Waals surface area contributed by atoms with E-state index in [1.165, 1.54) is 37.0 Å². The van der Waals surface area contributed by atoms with Crippen molar-refractivity contribution in [3.63, 3.8) is 0 Å². The Bertz CT molecular complexity index is 641. The first-order valence-electron chi connectivity index (χ1n) is 8.59. The Labute approximate surface area is 145 Å². The van der Waals surface area contributed by atoms with Gasteiger partial charge in [-0.05, 0) is 52.2 Å². The smallest absolute Gasteiger partial charge is 0.0677 e. The summed E-state index contributed by atoms with van der Waals surface area (Å²) < 4.78 is 2.80. The average Bonchev–Trinajstić information content (AvgIpc) is 3.30. The molecule has 122 valence electrons. The molecule has 0 radical (unpaired) electrons. The summed E-state index contributed by atoms with van der Waals surface area (Å²) in [6.07, 6.45) is 16.0. The van der Waals surface area contributed by atoms with Crippen LogP contribution in [-0.4, -0.2) is 10.3 Å². The highest BCUT2D eigenvalue weighted by Crippen LogP contribution is 2.57. The zero-order chi connectivity index (χ0) is 15.5. The molecule has 1 aromatic carbocycles. The molecule has 2 aliphatic heterocycles. The summed E-state index contributed by atoms with van der Waals surface area (Å²) in [6, 6.07) is 11.8. The van der Waals surface area contributed by atoms with Crippen molar-refractivity contribution in [2.24, 2.45) is 0 Å². The second kappa shape index (κ2) is 7.06. The molecule has 0 aromatic heterocycles. The maximum absolute atomic E-state index is 2.80. The van der Waals surface area contributed by atoms with E-state index in [4.69, 9.17) is 0 Å². The SMILES string of the molecule is C1=C[SH](c2ccccc2)C(N(C2CCCCC2)[SH]2C=CC=C2)=C1. The fourth-order valence-corrected chi connectivity index (χ4v) is 8.07. The number of benzene rings is 1. The van der Waals surface area contributed by atoms with E-state index in [0.717, 1.165) is 6.04 Å². The van der Waals surface area contributed by atoms with Crippen LogP contribution in [0.3, 0.4) is 0 Å². The van der Waals surface area contributed by atoms with Gasteiger partial charge in [0.15, 0.2) is 0 Å². The average molecular weight is 344 g/mol. The van der Waals surface area contributed by atoms with Crippen LogP contribution in [0.4, 0.5) is 0 Å². The van der Waals surface area contributed by atoms with Gasteiger partial charge in [0.25, 0.3) is 0 Å². The minimum Gasteiger partial charge on any atom is -0.322 e. The molecule has 1 aliphatic carbocycles. The highest BCUT2D eigenvalue weighted by atomic mass is 32.2. The first kappa shape index (κ1) is 15.2. The Morgan fingerprint density at radius 1 is 0.826 bits per heavy atom. The van der Waals surface area contributed by atoms with Gasteiger partial charge in [-0.2, -0.15) is 10.9 Å². The third-order valence-corrected chi connectivity index (χ3v) is 9.09. The lowest BCUT2D eigenvalue weighted by molar-refractivity contribution is 0.320. The molecule has 1 saturated carbocycles. The number of nitrogens with zero attached hydrogens (tertiary/aromatic N) is 1. The standard InChI is InChI=1S/C20H25NS2/c1-3-10-18(11-4-1)21(22-15-7-8-16-22)20-14-9-17-23(20)19-12-5-2-6-13-19/h2,5-9,12-18,22-23H,1,3-4,10-11H2. The Balaban J connectivity index is 1.65. The molecular formula is C20H25NS2. The van der Waals surface area contributed by atoms with E-state index in [1.54, 1.807) is 5.03 Å². The molecule has 0 N–H and O–H groups in total. The van der Waals surface area contributed by atoms with Gasteiger partial charge in [-0.15, -0.1) is 11.1 Å². The molecule has 1 unspecified atom stereocenters. The normalized spacial score (nSPS) is 26.7. The first-order valence-corrected chi connectivity index (χ1v) is 11.4. The number of allylic oxidation sites excluding steroid dienone is 4. The van der Waals surface area contributed by atoms with Crippen molar-refractivity contribution in [1.29, 1.82) is 0 Å². The molecule has 1 aromatic rings. The molecule has 0 bridgehead atoms. The van der Waals surface area contributed by atoms with E-state index in [2.05, 4.69) is 75.2 Å². The number of thiol groups is 2. The van der Waals surface area contributed by atoms with Gasteiger partial charge in [-0.25, -0.2) is 0 Å². The van der Waals surface area contributed by atoms with Crippen LogP contribution in [0.25, 0.3) is 0 Å². The molecule has 23 heavy (non-hydrogen) atoms. The Kier molecular flexibility index (Phi) is 4.67. The first-order chi connectivity index (χ1) is 11.4. The predicted molar refractivity (Wildman–Crippen MR) is 107 cm³/mol. The highest BCUT2D eigenvalue weighted by molar-refractivity contribution is 8.25. The monoisotopic (exact) mass is 343 g/mol. The van der Waals surface area contributed by atoms with Crippen LogP contribution in [0.2, 0.25) is 0 Å². The molecule has 1 atom stereocenters. The fraction of sp³-hybridized carbons (Fsp3) is 0.300. The third-order valence-electron chi connectivity index (χ3n) is 4.75. The maximum Gasteiger partial charge on any atom is 0.0677 e. The van der Waals surface area contributed by atoms with Gasteiger partial charge in [0.05, 0.1) is 5.03 Å². The molecule has 3 heteroatoms. The van der Waals surface area contributed by atoms with Crippen LogP contribution in [0.5, 0.6) is 0 Å². The molecule has 0 spiro atoms. The maximum atomic E-state index is 2.80. The minimum atomic E-state index is -0.329. The molecule has 4 rings (SSSR count). The van der Waals surface area contributed by atoms with Crippen LogP contribution >= 0.6 is 22.0 Å². The highest BCUT2D eigenvalue weighted by Gasteiger charge is 2.29. The lowest BCUT2D eigenvalue weighted by Gasteiger charge is -2.43. The molecular weight excluding hydrogens is 318 g/mol. The topological polar surface area (TPSA) is 3.24 Å². The van der Waals surface area contributed by atoms with Gasteiger partial charge in [0, 0.05) is 6.04 Å². The second-order valence-corrected chi connectivity index (χ2v) is 10.1. The predicted octanol–water partition coefficient (Wildman–Crippen LogP) is 6.01. The zero-order valence-corrected chi connectivity index (χ0v) is 15.2. The van der Waals surface area contributed by atoms with Gasteiger partial charge < -0.3 is 4.31 Å². The summed E-state index contributed by atoms with van der Waals surface area (Å²) in [5.74, 6) is 0. The minimum absolute atomic E-state index is 0.279. The second-order valence-electron chi connectivity index (χ2n) is 6.27. The van der Waals surface area contributed by atoms with Crippen molar-refractivity contribution in [3.05, 3.63) is 75.9 Å². The summed E-state index contributed by atoms with van der Waals surface area (Å²) in [7, 11) is -0.329. The summed E-state index contributed by atoms with van der Waals surface area (Å²) in [4.78, 5) is 1.48. The fourth-order valence-electron chi connectivity index (χ4n) is 3.65. The van der Waals surface area contributed by atoms with E-state index in [9.17, 15) is 0 Å². The number of rotatable bonds is 4. The quantitative estimate of drug-likeness (QED) is 0.633. The summed E-state index contributed by atoms with van der Waals surface area (Å²) >= 11 is -0.279. The molecule has 1 nitrogen and oxygen atoms in total. The molecule has 0 amide bonds. The molecule has 3 aliphatic rings. The number of hydrogen-bond donors (Lipinski definition) is 2.